The first-order valence-electron chi connectivity index (χ1n) is 11.2. The Labute approximate surface area is 195 Å². The molecule has 2 aromatic rings. The van der Waals surface area contributed by atoms with Gasteiger partial charge in [0.05, 0.1) is 4.90 Å². The Morgan fingerprint density at radius 1 is 1.00 bits per heavy atom. The molecule has 2 N–H and O–H groups in total. The van der Waals surface area contributed by atoms with Crippen molar-refractivity contribution in [1.82, 2.24) is 14.9 Å². The molecule has 2 amide bonds. The van der Waals surface area contributed by atoms with Gasteiger partial charge in [-0.1, -0.05) is 36.9 Å². The van der Waals surface area contributed by atoms with Crippen LogP contribution in [0.5, 0.6) is 0 Å². The minimum Gasteiger partial charge on any atom is -0.352 e. The molecule has 0 atom stereocenters. The molecule has 1 saturated heterocycles. The summed E-state index contributed by atoms with van der Waals surface area (Å²) in [7, 11) is -3.62. The van der Waals surface area contributed by atoms with E-state index in [0.717, 1.165) is 12.8 Å². The molecule has 0 saturated carbocycles. The maximum absolute atomic E-state index is 13.0. The fraction of sp³-hybridized carbons (Fsp3) is 0.360. The Kier molecular flexibility index (Phi) is 8.79. The summed E-state index contributed by atoms with van der Waals surface area (Å²) in [6, 6.07) is 16.2. The monoisotopic (exact) mass is 469 g/mol. The molecule has 0 unspecified atom stereocenters. The fourth-order valence-corrected chi connectivity index (χ4v) is 5.31. The van der Waals surface area contributed by atoms with Gasteiger partial charge in [-0.05, 0) is 67.5 Å². The zero-order valence-electron chi connectivity index (χ0n) is 18.7. The van der Waals surface area contributed by atoms with Crippen molar-refractivity contribution in [2.75, 3.05) is 26.2 Å². The van der Waals surface area contributed by atoms with Gasteiger partial charge in [-0.2, -0.15) is 4.31 Å². The molecule has 2 aromatic carbocycles. The maximum atomic E-state index is 13.0. The quantitative estimate of drug-likeness (QED) is 0.413. The lowest BCUT2D eigenvalue weighted by Crippen LogP contribution is -2.41. The third kappa shape index (κ3) is 7.00. The van der Waals surface area contributed by atoms with Gasteiger partial charge in [-0.25, -0.2) is 8.42 Å². The average molecular weight is 470 g/mol. The van der Waals surface area contributed by atoms with Crippen molar-refractivity contribution in [3.8, 4) is 0 Å². The summed E-state index contributed by atoms with van der Waals surface area (Å²) in [6.07, 6.45) is 4.31. The average Bonchev–Trinajstić information content (AvgIpc) is 2.86. The van der Waals surface area contributed by atoms with E-state index in [0.29, 0.717) is 44.6 Å². The summed E-state index contributed by atoms with van der Waals surface area (Å²) in [5, 5.41) is 5.65. The van der Waals surface area contributed by atoms with E-state index >= 15 is 0 Å². The molecule has 1 aliphatic rings. The second-order valence-corrected chi connectivity index (χ2v) is 10.1. The van der Waals surface area contributed by atoms with Crippen molar-refractivity contribution >= 4 is 21.8 Å². The van der Waals surface area contributed by atoms with Crippen LogP contribution < -0.4 is 10.6 Å². The molecule has 0 radical (unpaired) electrons. The Hall–Kier alpha value is -2.97. The van der Waals surface area contributed by atoms with Crippen molar-refractivity contribution < 1.29 is 18.0 Å². The first-order valence-corrected chi connectivity index (χ1v) is 12.7. The summed E-state index contributed by atoms with van der Waals surface area (Å²) in [4.78, 5) is 23.9. The predicted octanol–water partition coefficient (Wildman–Crippen LogP) is 2.75. The second kappa shape index (κ2) is 11.8. The van der Waals surface area contributed by atoms with E-state index in [-0.39, 0.29) is 22.6 Å². The molecule has 33 heavy (non-hydrogen) atoms. The minimum absolute atomic E-state index is 0.182. The zero-order chi connectivity index (χ0) is 23.7. The molecule has 3 rings (SSSR count). The number of rotatable bonds is 10. The van der Waals surface area contributed by atoms with Crippen LogP contribution in [0.15, 0.2) is 72.1 Å². The van der Waals surface area contributed by atoms with Crippen molar-refractivity contribution in [1.29, 1.82) is 0 Å². The summed E-state index contributed by atoms with van der Waals surface area (Å²) in [6.45, 7) is 5.30. The Morgan fingerprint density at radius 2 is 1.67 bits per heavy atom. The van der Waals surface area contributed by atoms with E-state index in [2.05, 4.69) is 29.3 Å². The van der Waals surface area contributed by atoms with Gasteiger partial charge in [0, 0.05) is 31.7 Å². The van der Waals surface area contributed by atoms with Gasteiger partial charge in [0.1, 0.15) is 0 Å². The lowest BCUT2D eigenvalue weighted by Gasteiger charge is -2.31. The number of piperidine rings is 1. The van der Waals surface area contributed by atoms with Gasteiger partial charge in [-0.15, -0.1) is 0 Å². The Bertz CT molecular complexity index is 1040. The van der Waals surface area contributed by atoms with Crippen molar-refractivity contribution in [3.05, 3.63) is 78.4 Å². The van der Waals surface area contributed by atoms with E-state index < -0.39 is 10.0 Å². The van der Waals surface area contributed by atoms with E-state index in [1.54, 1.807) is 12.1 Å². The number of benzene rings is 2. The number of aryl methyl sites for hydroxylation is 1. The molecular weight excluding hydrogens is 438 g/mol. The van der Waals surface area contributed by atoms with Crippen LogP contribution >= 0.6 is 0 Å². The molecule has 176 valence electrons. The van der Waals surface area contributed by atoms with Crippen LogP contribution in [0.3, 0.4) is 0 Å². The lowest BCUT2D eigenvalue weighted by atomic mass is 9.98. The predicted molar refractivity (Wildman–Crippen MR) is 128 cm³/mol. The van der Waals surface area contributed by atoms with Crippen molar-refractivity contribution in [2.24, 2.45) is 5.92 Å². The third-order valence-corrected chi connectivity index (χ3v) is 7.76. The number of sulfonamides is 1. The first kappa shape index (κ1) is 24.7. The summed E-state index contributed by atoms with van der Waals surface area (Å²) in [5.41, 5.74) is 1.66. The molecule has 0 spiro atoms. The highest BCUT2D eigenvalue weighted by Gasteiger charge is 2.29. The van der Waals surface area contributed by atoms with Crippen LogP contribution in [0, 0.1) is 5.92 Å². The molecule has 1 fully saturated rings. The van der Waals surface area contributed by atoms with E-state index in [1.807, 2.05) is 18.2 Å². The zero-order valence-corrected chi connectivity index (χ0v) is 19.5. The van der Waals surface area contributed by atoms with Gasteiger partial charge in [0.2, 0.25) is 15.9 Å². The van der Waals surface area contributed by atoms with Gasteiger partial charge in [0.15, 0.2) is 0 Å². The minimum atomic E-state index is -3.62. The fourth-order valence-electron chi connectivity index (χ4n) is 3.84. The van der Waals surface area contributed by atoms with Crippen LogP contribution in [-0.4, -0.2) is 50.7 Å². The van der Waals surface area contributed by atoms with Crippen molar-refractivity contribution in [2.45, 2.75) is 30.6 Å². The largest absolute Gasteiger partial charge is 0.352 e. The van der Waals surface area contributed by atoms with Crippen LogP contribution in [0.1, 0.15) is 35.2 Å². The van der Waals surface area contributed by atoms with E-state index in [4.69, 9.17) is 0 Å². The Balaban J connectivity index is 1.47. The first-order chi connectivity index (χ1) is 15.9. The normalized spacial score (nSPS) is 15.0. The topological polar surface area (TPSA) is 95.6 Å². The molecular formula is C25H31N3O4S. The SMILES string of the molecule is C=CC(=O)NCC1CCN(S(=O)(=O)c2ccc(C(=O)NCCCc3ccccc3)cc2)CC1. The van der Waals surface area contributed by atoms with Gasteiger partial charge in [-0.3, -0.25) is 9.59 Å². The molecule has 0 bridgehead atoms. The summed E-state index contributed by atoms with van der Waals surface area (Å²) < 4.78 is 27.4. The van der Waals surface area contributed by atoms with Gasteiger partial charge < -0.3 is 10.6 Å². The van der Waals surface area contributed by atoms with Crippen LogP contribution in [-0.2, 0) is 21.2 Å². The van der Waals surface area contributed by atoms with E-state index in [1.165, 1.54) is 28.1 Å². The number of hydrogen-bond acceptors (Lipinski definition) is 4. The number of hydrogen-bond donors (Lipinski definition) is 2. The molecule has 0 aromatic heterocycles. The Morgan fingerprint density at radius 3 is 2.30 bits per heavy atom. The summed E-state index contributed by atoms with van der Waals surface area (Å²) in [5.74, 6) is -0.187. The van der Waals surface area contributed by atoms with Crippen LogP contribution in [0.25, 0.3) is 0 Å². The molecule has 0 aliphatic carbocycles. The van der Waals surface area contributed by atoms with Crippen LogP contribution in [0.4, 0.5) is 0 Å². The number of carbonyl (C=O) groups excluding carboxylic acids is 2. The van der Waals surface area contributed by atoms with Gasteiger partial charge >= 0.3 is 0 Å². The van der Waals surface area contributed by atoms with Crippen LogP contribution in [0.2, 0.25) is 0 Å². The number of nitrogens with zero attached hydrogens (tertiary/aromatic N) is 1. The van der Waals surface area contributed by atoms with Gasteiger partial charge in [0.25, 0.3) is 5.91 Å². The third-order valence-electron chi connectivity index (χ3n) is 5.85. The molecule has 8 heteroatoms. The highest BCUT2D eigenvalue weighted by Crippen LogP contribution is 2.24. The van der Waals surface area contributed by atoms with Crippen molar-refractivity contribution in [3.63, 3.8) is 0 Å². The van der Waals surface area contributed by atoms with E-state index in [9.17, 15) is 18.0 Å². The maximum Gasteiger partial charge on any atom is 0.251 e. The highest BCUT2D eigenvalue weighted by atomic mass is 32.2. The number of carbonyl (C=O) groups is 2. The summed E-state index contributed by atoms with van der Waals surface area (Å²) >= 11 is 0. The lowest BCUT2D eigenvalue weighted by molar-refractivity contribution is -0.116. The number of nitrogens with one attached hydrogen (secondary N) is 2. The smallest absolute Gasteiger partial charge is 0.251 e. The highest BCUT2D eigenvalue weighted by molar-refractivity contribution is 7.89. The molecule has 7 nitrogen and oxygen atoms in total. The molecule has 1 heterocycles. The standard InChI is InChI=1S/C25H31N3O4S/c1-2-24(29)27-19-21-14-17-28(18-15-21)33(31,32)23-12-10-22(11-13-23)25(30)26-16-6-9-20-7-4-3-5-8-20/h2-5,7-8,10-13,21H,1,6,9,14-19H2,(H,26,30)(H,27,29). The molecule has 1 aliphatic heterocycles. The second-order valence-electron chi connectivity index (χ2n) is 8.17. The number of amides is 2.